The van der Waals surface area contributed by atoms with Gasteiger partial charge >= 0.3 is 0 Å². The molecule has 2 N–H and O–H groups in total. The second-order valence-electron chi connectivity index (χ2n) is 5.23. The van der Waals surface area contributed by atoms with E-state index in [1.54, 1.807) is 30.3 Å². The Kier molecular flexibility index (Phi) is 5.21. The fourth-order valence-electron chi connectivity index (χ4n) is 2.11. The number of aryl methyl sites for hydroxylation is 1. The van der Waals surface area contributed by atoms with Crippen molar-refractivity contribution >= 4 is 34.8 Å². The molecule has 0 saturated heterocycles. The van der Waals surface area contributed by atoms with Crippen LogP contribution in [0.15, 0.2) is 42.5 Å². The number of hydrogen-bond acceptors (Lipinski definition) is 4. The number of hydrogen-bond donors (Lipinski definition) is 2. The fourth-order valence-corrected chi connectivity index (χ4v) is 2.57. The number of nitrogens with zero attached hydrogens (tertiary/aromatic N) is 2. The first-order valence-corrected chi connectivity index (χ1v) is 8.14. The third kappa shape index (κ3) is 4.49. The highest BCUT2D eigenvalue weighted by atomic mass is 35.5. The summed E-state index contributed by atoms with van der Waals surface area (Å²) in [5, 5.41) is 10.5. The summed E-state index contributed by atoms with van der Waals surface area (Å²) in [6.45, 7) is 1.67. The van der Waals surface area contributed by atoms with Gasteiger partial charge in [-0.3, -0.25) is 9.89 Å². The van der Waals surface area contributed by atoms with E-state index in [0.717, 1.165) is 11.4 Å². The lowest BCUT2D eigenvalue weighted by Gasteiger charge is -2.09. The predicted molar refractivity (Wildman–Crippen MR) is 97.1 cm³/mol. The standard InChI is InChI=1S/C17H14Cl2N4O2/c1-10-20-17(23-22-10)11-2-5-13(6-3-11)21-16(24)9-25-15-7-4-12(18)8-14(15)19/h2-8H,9H2,1H3,(H,21,24)(H,20,22,23). The van der Waals surface area contributed by atoms with Crippen molar-refractivity contribution < 1.29 is 9.53 Å². The molecule has 0 saturated carbocycles. The van der Waals surface area contributed by atoms with Gasteiger partial charge in [-0.1, -0.05) is 23.2 Å². The molecule has 128 valence electrons. The van der Waals surface area contributed by atoms with E-state index in [-0.39, 0.29) is 12.5 Å². The van der Waals surface area contributed by atoms with Crippen molar-refractivity contribution in [1.82, 2.24) is 15.2 Å². The van der Waals surface area contributed by atoms with Crippen LogP contribution in [0.25, 0.3) is 11.4 Å². The van der Waals surface area contributed by atoms with Crippen LogP contribution in [0, 0.1) is 6.92 Å². The lowest BCUT2D eigenvalue weighted by Crippen LogP contribution is -2.20. The van der Waals surface area contributed by atoms with Gasteiger partial charge in [-0.25, -0.2) is 4.98 Å². The first kappa shape index (κ1) is 17.3. The number of aromatic amines is 1. The van der Waals surface area contributed by atoms with Crippen LogP contribution in [-0.2, 0) is 4.79 Å². The number of nitrogens with one attached hydrogen (secondary N) is 2. The molecule has 25 heavy (non-hydrogen) atoms. The number of carbonyl (C=O) groups is 1. The Labute approximate surface area is 154 Å². The van der Waals surface area contributed by atoms with E-state index in [4.69, 9.17) is 27.9 Å². The molecular formula is C17H14Cl2N4O2. The van der Waals surface area contributed by atoms with E-state index in [1.165, 1.54) is 0 Å². The van der Waals surface area contributed by atoms with Crippen LogP contribution in [0.5, 0.6) is 5.75 Å². The summed E-state index contributed by atoms with van der Waals surface area (Å²) in [4.78, 5) is 16.2. The zero-order valence-electron chi connectivity index (χ0n) is 13.2. The Balaban J connectivity index is 1.57. The summed E-state index contributed by atoms with van der Waals surface area (Å²) in [7, 11) is 0. The SMILES string of the molecule is Cc1nc(-c2ccc(NC(=O)COc3ccc(Cl)cc3Cl)cc2)n[nH]1. The zero-order chi connectivity index (χ0) is 17.8. The van der Waals surface area contributed by atoms with E-state index in [0.29, 0.717) is 27.3 Å². The summed E-state index contributed by atoms with van der Waals surface area (Å²) < 4.78 is 5.39. The third-order valence-corrected chi connectivity index (χ3v) is 3.81. The van der Waals surface area contributed by atoms with Gasteiger partial charge in [0.1, 0.15) is 11.6 Å². The molecule has 0 bridgehead atoms. The van der Waals surface area contributed by atoms with Crippen LogP contribution in [0.1, 0.15) is 5.82 Å². The number of H-pyrrole nitrogens is 1. The van der Waals surface area contributed by atoms with Gasteiger partial charge in [0, 0.05) is 16.3 Å². The molecule has 0 aliphatic heterocycles. The molecule has 1 aromatic heterocycles. The number of benzene rings is 2. The second kappa shape index (κ2) is 7.55. The Morgan fingerprint density at radius 3 is 2.60 bits per heavy atom. The number of ether oxygens (including phenoxy) is 1. The molecule has 6 nitrogen and oxygen atoms in total. The van der Waals surface area contributed by atoms with Crippen molar-refractivity contribution in [2.45, 2.75) is 6.92 Å². The summed E-state index contributed by atoms with van der Waals surface area (Å²) in [6.07, 6.45) is 0. The first-order valence-electron chi connectivity index (χ1n) is 7.38. The Bertz CT molecular complexity index is 894. The van der Waals surface area contributed by atoms with Gasteiger partial charge in [0.25, 0.3) is 5.91 Å². The molecule has 1 amide bonds. The normalized spacial score (nSPS) is 10.5. The van der Waals surface area contributed by atoms with E-state index in [1.807, 2.05) is 19.1 Å². The molecule has 0 atom stereocenters. The average molecular weight is 377 g/mol. The van der Waals surface area contributed by atoms with Crippen molar-refractivity contribution in [3.05, 3.63) is 58.3 Å². The monoisotopic (exact) mass is 376 g/mol. The van der Waals surface area contributed by atoms with Crippen LogP contribution in [0.4, 0.5) is 5.69 Å². The van der Waals surface area contributed by atoms with Gasteiger partial charge < -0.3 is 10.1 Å². The average Bonchev–Trinajstić information content (AvgIpc) is 3.01. The number of aromatic nitrogens is 3. The summed E-state index contributed by atoms with van der Waals surface area (Å²) in [6, 6.07) is 12.0. The quantitative estimate of drug-likeness (QED) is 0.702. The molecule has 0 fully saturated rings. The molecule has 1 heterocycles. The van der Waals surface area contributed by atoms with E-state index in [2.05, 4.69) is 20.5 Å². The van der Waals surface area contributed by atoms with E-state index >= 15 is 0 Å². The zero-order valence-corrected chi connectivity index (χ0v) is 14.7. The molecule has 0 radical (unpaired) electrons. The van der Waals surface area contributed by atoms with Gasteiger partial charge in [-0.05, 0) is 49.4 Å². The number of anilines is 1. The Morgan fingerprint density at radius 1 is 1.20 bits per heavy atom. The Morgan fingerprint density at radius 2 is 1.96 bits per heavy atom. The van der Waals surface area contributed by atoms with Crippen molar-refractivity contribution in [1.29, 1.82) is 0 Å². The largest absolute Gasteiger partial charge is 0.482 e. The lowest BCUT2D eigenvalue weighted by atomic mass is 10.2. The van der Waals surface area contributed by atoms with Crippen molar-refractivity contribution in [2.24, 2.45) is 0 Å². The molecule has 8 heteroatoms. The third-order valence-electron chi connectivity index (χ3n) is 3.28. The van der Waals surface area contributed by atoms with Gasteiger partial charge in [0.05, 0.1) is 5.02 Å². The topological polar surface area (TPSA) is 79.9 Å². The maximum Gasteiger partial charge on any atom is 0.262 e. The summed E-state index contributed by atoms with van der Waals surface area (Å²) >= 11 is 11.8. The van der Waals surface area contributed by atoms with Gasteiger partial charge in [-0.2, -0.15) is 5.10 Å². The minimum absolute atomic E-state index is 0.163. The Hall–Kier alpha value is -2.57. The number of halogens is 2. The minimum atomic E-state index is -0.299. The van der Waals surface area contributed by atoms with Crippen LogP contribution in [0.3, 0.4) is 0 Å². The second-order valence-corrected chi connectivity index (χ2v) is 6.08. The fraction of sp³-hybridized carbons (Fsp3) is 0.118. The van der Waals surface area contributed by atoms with Gasteiger partial charge in [0.15, 0.2) is 12.4 Å². The first-order chi connectivity index (χ1) is 12.0. The predicted octanol–water partition coefficient (Wildman–Crippen LogP) is 4.10. The number of amides is 1. The molecule has 0 spiro atoms. The van der Waals surface area contributed by atoms with Gasteiger partial charge in [0.2, 0.25) is 0 Å². The number of carbonyl (C=O) groups excluding carboxylic acids is 1. The molecule has 3 aromatic rings. The maximum absolute atomic E-state index is 12.0. The van der Waals surface area contributed by atoms with Crippen LogP contribution in [-0.4, -0.2) is 27.7 Å². The molecular weight excluding hydrogens is 363 g/mol. The molecule has 0 unspecified atom stereocenters. The van der Waals surface area contributed by atoms with Crippen LogP contribution >= 0.6 is 23.2 Å². The van der Waals surface area contributed by atoms with Crippen LogP contribution < -0.4 is 10.1 Å². The van der Waals surface area contributed by atoms with Crippen molar-refractivity contribution in [3.8, 4) is 17.1 Å². The van der Waals surface area contributed by atoms with Crippen molar-refractivity contribution in [2.75, 3.05) is 11.9 Å². The van der Waals surface area contributed by atoms with E-state index < -0.39 is 0 Å². The molecule has 0 aliphatic carbocycles. The molecule has 2 aromatic carbocycles. The molecule has 3 rings (SSSR count). The smallest absolute Gasteiger partial charge is 0.262 e. The highest BCUT2D eigenvalue weighted by molar-refractivity contribution is 6.35. The van der Waals surface area contributed by atoms with Crippen LogP contribution in [0.2, 0.25) is 10.0 Å². The summed E-state index contributed by atoms with van der Waals surface area (Å²) in [5.41, 5.74) is 1.50. The van der Waals surface area contributed by atoms with E-state index in [9.17, 15) is 4.79 Å². The maximum atomic E-state index is 12.0. The number of rotatable bonds is 5. The highest BCUT2D eigenvalue weighted by Crippen LogP contribution is 2.27. The highest BCUT2D eigenvalue weighted by Gasteiger charge is 2.08. The summed E-state index contributed by atoms with van der Waals surface area (Å²) in [5.74, 6) is 1.45. The minimum Gasteiger partial charge on any atom is -0.482 e. The van der Waals surface area contributed by atoms with Gasteiger partial charge in [-0.15, -0.1) is 0 Å². The molecule has 0 aliphatic rings. The van der Waals surface area contributed by atoms with Crippen molar-refractivity contribution in [3.63, 3.8) is 0 Å². The lowest BCUT2D eigenvalue weighted by molar-refractivity contribution is -0.118.